The molecule has 10 heteroatoms. The third-order valence-electron chi connectivity index (χ3n) is 5.18. The normalized spacial score (nSPS) is 14.4. The van der Waals surface area contributed by atoms with Crippen LogP contribution in [0.5, 0.6) is 0 Å². The second kappa shape index (κ2) is 7.78. The first-order valence-electron chi connectivity index (χ1n) is 9.62. The highest BCUT2D eigenvalue weighted by Gasteiger charge is 2.26. The molecule has 29 heavy (non-hydrogen) atoms. The largest absolute Gasteiger partial charge is 0.364 e. The maximum atomic E-state index is 13.0. The molecule has 0 unspecified atom stereocenters. The number of rotatable bonds is 5. The lowest BCUT2D eigenvalue weighted by Gasteiger charge is -2.26. The Morgan fingerprint density at radius 3 is 2.55 bits per heavy atom. The SMILES string of the molecule is CCn1c(=O)n(CC(=O)N2CCCCC2)c2c(C(N)=O)nc(-c3ccsc3)nc21. The Balaban J connectivity index is 1.88. The molecule has 2 N–H and O–H groups in total. The van der Waals surface area contributed by atoms with E-state index in [4.69, 9.17) is 5.73 Å². The van der Waals surface area contributed by atoms with Crippen LogP contribution < -0.4 is 11.4 Å². The number of nitrogens with two attached hydrogens (primary N) is 1. The summed E-state index contributed by atoms with van der Waals surface area (Å²) in [6.45, 7) is 3.36. The Bertz CT molecular complexity index is 1130. The van der Waals surface area contributed by atoms with Gasteiger partial charge >= 0.3 is 5.69 Å². The molecule has 4 heterocycles. The number of carbonyl (C=O) groups excluding carboxylic acids is 2. The number of amides is 2. The van der Waals surface area contributed by atoms with Crippen molar-refractivity contribution in [2.24, 2.45) is 5.73 Å². The van der Waals surface area contributed by atoms with E-state index >= 15 is 0 Å². The number of thiophene rings is 1. The molecule has 1 fully saturated rings. The highest BCUT2D eigenvalue weighted by atomic mass is 32.1. The van der Waals surface area contributed by atoms with E-state index in [1.165, 1.54) is 20.5 Å². The van der Waals surface area contributed by atoms with E-state index in [0.717, 1.165) is 24.8 Å². The second-order valence-electron chi connectivity index (χ2n) is 7.00. The zero-order chi connectivity index (χ0) is 20.5. The minimum Gasteiger partial charge on any atom is -0.364 e. The molecule has 3 aromatic heterocycles. The smallest absolute Gasteiger partial charge is 0.330 e. The van der Waals surface area contributed by atoms with Gasteiger partial charge in [-0.15, -0.1) is 0 Å². The van der Waals surface area contributed by atoms with E-state index in [1.807, 2.05) is 23.8 Å². The number of piperidine rings is 1. The monoisotopic (exact) mass is 414 g/mol. The summed E-state index contributed by atoms with van der Waals surface area (Å²) >= 11 is 1.48. The van der Waals surface area contributed by atoms with Crippen molar-refractivity contribution in [1.82, 2.24) is 24.0 Å². The first-order valence-corrected chi connectivity index (χ1v) is 10.6. The van der Waals surface area contributed by atoms with Gasteiger partial charge in [-0.1, -0.05) is 0 Å². The van der Waals surface area contributed by atoms with Gasteiger partial charge in [0.1, 0.15) is 12.1 Å². The zero-order valence-corrected chi connectivity index (χ0v) is 16.9. The maximum Gasteiger partial charge on any atom is 0.330 e. The van der Waals surface area contributed by atoms with Gasteiger partial charge in [0.25, 0.3) is 5.91 Å². The van der Waals surface area contributed by atoms with Gasteiger partial charge in [-0.3, -0.25) is 18.7 Å². The number of aryl methyl sites for hydroxylation is 1. The van der Waals surface area contributed by atoms with E-state index < -0.39 is 11.6 Å². The van der Waals surface area contributed by atoms with Crippen molar-refractivity contribution >= 4 is 34.3 Å². The minimum absolute atomic E-state index is 0.0491. The number of nitrogens with zero attached hydrogens (tertiary/aromatic N) is 5. The second-order valence-corrected chi connectivity index (χ2v) is 7.78. The summed E-state index contributed by atoms with van der Waals surface area (Å²) in [4.78, 5) is 48.7. The lowest BCUT2D eigenvalue weighted by Crippen LogP contribution is -2.39. The summed E-state index contributed by atoms with van der Waals surface area (Å²) in [5.74, 6) is -0.588. The minimum atomic E-state index is -0.763. The topological polar surface area (TPSA) is 116 Å². The van der Waals surface area contributed by atoms with Crippen LogP contribution in [0.3, 0.4) is 0 Å². The van der Waals surface area contributed by atoms with E-state index in [2.05, 4.69) is 9.97 Å². The molecule has 152 valence electrons. The molecule has 4 rings (SSSR count). The molecule has 1 aliphatic rings. The Hall–Kier alpha value is -3.01. The first kappa shape index (κ1) is 19.3. The van der Waals surface area contributed by atoms with Crippen molar-refractivity contribution < 1.29 is 9.59 Å². The standard InChI is InChI=1S/C19H22N6O3S/c1-2-24-18-15(14(16(20)27)21-17(22-18)12-6-9-29-11-12)25(19(24)28)10-13(26)23-7-4-3-5-8-23/h6,9,11H,2-5,7-8,10H2,1H3,(H2,20,27). The van der Waals surface area contributed by atoms with Crippen LogP contribution >= 0.6 is 11.3 Å². The third kappa shape index (κ3) is 3.44. The van der Waals surface area contributed by atoms with E-state index in [-0.39, 0.29) is 23.7 Å². The van der Waals surface area contributed by atoms with Crippen LogP contribution in [0.25, 0.3) is 22.6 Å². The summed E-state index contributed by atoms with van der Waals surface area (Å²) in [7, 11) is 0. The molecule has 0 radical (unpaired) electrons. The van der Waals surface area contributed by atoms with Gasteiger partial charge in [0.05, 0.1) is 0 Å². The van der Waals surface area contributed by atoms with Crippen molar-refractivity contribution in [2.45, 2.75) is 39.3 Å². The maximum absolute atomic E-state index is 13.0. The van der Waals surface area contributed by atoms with Gasteiger partial charge in [0, 0.05) is 30.6 Å². The predicted octanol–water partition coefficient (Wildman–Crippen LogP) is 1.45. The highest BCUT2D eigenvalue weighted by molar-refractivity contribution is 7.08. The quantitative estimate of drug-likeness (QED) is 0.678. The average molecular weight is 414 g/mol. The van der Waals surface area contributed by atoms with Gasteiger partial charge in [-0.25, -0.2) is 14.8 Å². The Kier molecular flexibility index (Phi) is 5.18. The van der Waals surface area contributed by atoms with Crippen molar-refractivity contribution in [3.8, 4) is 11.4 Å². The number of aromatic nitrogens is 4. The molecule has 0 aromatic carbocycles. The molecule has 0 spiro atoms. The molecule has 0 bridgehead atoms. The number of hydrogen-bond acceptors (Lipinski definition) is 6. The fourth-order valence-corrected chi connectivity index (χ4v) is 4.35. The van der Waals surface area contributed by atoms with E-state index in [1.54, 1.807) is 4.90 Å². The van der Waals surface area contributed by atoms with Gasteiger partial charge < -0.3 is 10.6 Å². The fourth-order valence-electron chi connectivity index (χ4n) is 3.71. The summed E-state index contributed by atoms with van der Waals surface area (Å²) in [5, 5.41) is 3.74. The zero-order valence-electron chi connectivity index (χ0n) is 16.1. The molecule has 0 saturated carbocycles. The van der Waals surface area contributed by atoms with Gasteiger partial charge in [0.2, 0.25) is 5.91 Å². The van der Waals surface area contributed by atoms with Gasteiger partial charge in [-0.2, -0.15) is 11.3 Å². The molecule has 0 atom stereocenters. The van der Waals surface area contributed by atoms with E-state index in [0.29, 0.717) is 31.1 Å². The lowest BCUT2D eigenvalue weighted by molar-refractivity contribution is -0.132. The number of likely N-dealkylation sites (tertiary alicyclic amines) is 1. The number of hydrogen-bond donors (Lipinski definition) is 1. The molecule has 0 aliphatic carbocycles. The van der Waals surface area contributed by atoms with Crippen LogP contribution in [-0.4, -0.2) is 48.9 Å². The van der Waals surface area contributed by atoms with Crippen LogP contribution in [0.4, 0.5) is 0 Å². The van der Waals surface area contributed by atoms with Crippen LogP contribution in [-0.2, 0) is 17.9 Å². The summed E-state index contributed by atoms with van der Waals surface area (Å²) < 4.78 is 2.73. The molecular formula is C19H22N6O3S. The van der Waals surface area contributed by atoms with Crippen molar-refractivity contribution in [3.05, 3.63) is 33.0 Å². The molecule has 1 saturated heterocycles. The summed E-state index contributed by atoms with van der Waals surface area (Å²) in [6.07, 6.45) is 3.01. The molecule has 3 aromatic rings. The number of fused-ring (bicyclic) bond motifs is 1. The van der Waals surface area contributed by atoms with Gasteiger partial charge in [-0.05, 0) is 37.6 Å². The molecule has 2 amide bonds. The number of imidazole rings is 1. The van der Waals surface area contributed by atoms with Crippen LogP contribution in [0, 0.1) is 0 Å². The van der Waals surface area contributed by atoms with Gasteiger partial charge in [0.15, 0.2) is 17.2 Å². The Labute approximate surface area is 170 Å². The summed E-state index contributed by atoms with van der Waals surface area (Å²) in [6, 6.07) is 1.84. The Morgan fingerprint density at radius 1 is 1.17 bits per heavy atom. The third-order valence-corrected chi connectivity index (χ3v) is 5.87. The summed E-state index contributed by atoms with van der Waals surface area (Å²) in [5.41, 5.74) is 6.43. The van der Waals surface area contributed by atoms with Crippen LogP contribution in [0.1, 0.15) is 36.7 Å². The molecule has 1 aliphatic heterocycles. The first-order chi connectivity index (χ1) is 14.0. The van der Waals surface area contributed by atoms with Crippen LogP contribution in [0.15, 0.2) is 21.6 Å². The van der Waals surface area contributed by atoms with E-state index in [9.17, 15) is 14.4 Å². The predicted molar refractivity (Wildman–Crippen MR) is 110 cm³/mol. The van der Waals surface area contributed by atoms with Crippen molar-refractivity contribution in [3.63, 3.8) is 0 Å². The van der Waals surface area contributed by atoms with Crippen molar-refractivity contribution in [2.75, 3.05) is 13.1 Å². The van der Waals surface area contributed by atoms with Crippen molar-refractivity contribution in [1.29, 1.82) is 0 Å². The van der Waals surface area contributed by atoms with Crippen LogP contribution in [0.2, 0.25) is 0 Å². The lowest BCUT2D eigenvalue weighted by atomic mass is 10.1. The molecule has 9 nitrogen and oxygen atoms in total. The number of primary amides is 1. The average Bonchev–Trinajstić information content (AvgIpc) is 3.35. The molecular weight excluding hydrogens is 392 g/mol. The Morgan fingerprint density at radius 2 is 1.93 bits per heavy atom. The fraction of sp³-hybridized carbons (Fsp3) is 0.421. The number of carbonyl (C=O) groups is 2. The highest BCUT2D eigenvalue weighted by Crippen LogP contribution is 2.23.